The van der Waals surface area contributed by atoms with Gasteiger partial charge in [-0.3, -0.25) is 20.2 Å². The molecule has 1 saturated carbocycles. The highest BCUT2D eigenvalue weighted by Gasteiger charge is 2.29. The van der Waals surface area contributed by atoms with E-state index in [1.807, 2.05) is 0 Å². The third-order valence-electron chi connectivity index (χ3n) is 3.17. The minimum Gasteiger partial charge on any atom is -0.491 e. The summed E-state index contributed by atoms with van der Waals surface area (Å²) in [6.45, 7) is 1.52. The predicted octanol–water partition coefficient (Wildman–Crippen LogP) is 1.49. The summed E-state index contributed by atoms with van der Waals surface area (Å²) in [4.78, 5) is 21.4. The molecule has 7 heteroatoms. The number of benzene rings is 1. The Hall–Kier alpha value is -2.15. The van der Waals surface area contributed by atoms with Crippen molar-refractivity contribution in [1.29, 1.82) is 0 Å². The molecule has 2 N–H and O–H groups in total. The van der Waals surface area contributed by atoms with E-state index in [0.29, 0.717) is 11.3 Å². The molecule has 0 heterocycles. The summed E-state index contributed by atoms with van der Waals surface area (Å²) in [5.41, 5.74) is 0.359. The number of nitrogens with zero attached hydrogens (tertiary/aromatic N) is 1. The molecule has 2 rings (SSSR count). The standard InChI is InChI=1S/C13H16N2O5/c1-8-11(15(18)19)3-2-4-12(8)20-7-10(13(16)17)14-9-5-6-9/h2-4,9-10,14H,5-7H2,1H3,(H,16,17). The topological polar surface area (TPSA) is 102 Å². The molecule has 7 nitrogen and oxygen atoms in total. The van der Waals surface area contributed by atoms with Crippen LogP contribution in [-0.4, -0.2) is 34.7 Å². The lowest BCUT2D eigenvalue weighted by Gasteiger charge is -2.16. The average Bonchev–Trinajstić information content (AvgIpc) is 3.19. The van der Waals surface area contributed by atoms with Crippen molar-refractivity contribution in [2.24, 2.45) is 0 Å². The van der Waals surface area contributed by atoms with Gasteiger partial charge in [0.15, 0.2) is 0 Å². The normalized spacial score (nSPS) is 15.7. The van der Waals surface area contributed by atoms with Crippen LogP contribution in [0.1, 0.15) is 18.4 Å². The molecule has 1 aliphatic carbocycles. The lowest BCUT2D eigenvalue weighted by molar-refractivity contribution is -0.385. The maximum atomic E-state index is 11.1. The van der Waals surface area contributed by atoms with E-state index < -0.39 is 16.9 Å². The van der Waals surface area contributed by atoms with Crippen molar-refractivity contribution in [3.63, 3.8) is 0 Å². The molecular weight excluding hydrogens is 264 g/mol. The number of ether oxygens (including phenoxy) is 1. The third kappa shape index (κ3) is 3.45. The molecule has 0 radical (unpaired) electrons. The first-order valence-corrected chi connectivity index (χ1v) is 6.34. The minimum atomic E-state index is -0.986. The van der Waals surface area contributed by atoms with Gasteiger partial charge in [-0.05, 0) is 25.8 Å². The first-order chi connectivity index (χ1) is 9.49. The smallest absolute Gasteiger partial charge is 0.324 e. The zero-order valence-corrected chi connectivity index (χ0v) is 11.0. The van der Waals surface area contributed by atoms with Crippen LogP contribution in [0.2, 0.25) is 0 Å². The molecule has 1 aliphatic rings. The molecule has 0 bridgehead atoms. The van der Waals surface area contributed by atoms with Gasteiger partial charge in [0.1, 0.15) is 18.4 Å². The van der Waals surface area contributed by atoms with Crippen LogP contribution in [0.5, 0.6) is 5.75 Å². The van der Waals surface area contributed by atoms with E-state index in [2.05, 4.69) is 5.32 Å². The van der Waals surface area contributed by atoms with Crippen LogP contribution in [0.4, 0.5) is 5.69 Å². The van der Waals surface area contributed by atoms with Crippen LogP contribution in [-0.2, 0) is 4.79 Å². The summed E-state index contributed by atoms with van der Waals surface area (Å²) >= 11 is 0. The second-order valence-electron chi connectivity index (χ2n) is 4.80. The van der Waals surface area contributed by atoms with Crippen molar-refractivity contribution in [2.75, 3.05) is 6.61 Å². The van der Waals surface area contributed by atoms with Gasteiger partial charge in [-0.1, -0.05) is 6.07 Å². The van der Waals surface area contributed by atoms with Crippen LogP contribution in [0, 0.1) is 17.0 Å². The van der Waals surface area contributed by atoms with Crippen LogP contribution in [0.25, 0.3) is 0 Å². The van der Waals surface area contributed by atoms with Gasteiger partial charge in [-0.25, -0.2) is 0 Å². The number of nitro benzene ring substituents is 1. The van der Waals surface area contributed by atoms with Crippen LogP contribution in [0.3, 0.4) is 0 Å². The first kappa shape index (κ1) is 14.3. The zero-order valence-electron chi connectivity index (χ0n) is 11.0. The van der Waals surface area contributed by atoms with Crippen molar-refractivity contribution in [3.8, 4) is 5.75 Å². The lowest BCUT2D eigenvalue weighted by atomic mass is 10.2. The van der Waals surface area contributed by atoms with E-state index in [9.17, 15) is 14.9 Å². The molecule has 1 fully saturated rings. The molecule has 0 aromatic heterocycles. The van der Waals surface area contributed by atoms with Crippen molar-refractivity contribution >= 4 is 11.7 Å². The van der Waals surface area contributed by atoms with Gasteiger partial charge in [0.25, 0.3) is 5.69 Å². The Morgan fingerprint density at radius 2 is 2.30 bits per heavy atom. The van der Waals surface area contributed by atoms with E-state index >= 15 is 0 Å². The number of rotatable bonds is 7. The quantitative estimate of drug-likeness (QED) is 0.579. The molecule has 1 unspecified atom stereocenters. The fraction of sp³-hybridized carbons (Fsp3) is 0.462. The minimum absolute atomic E-state index is 0.0375. The number of aliphatic carboxylic acids is 1. The largest absolute Gasteiger partial charge is 0.491 e. The number of carboxylic acid groups (broad SMARTS) is 1. The lowest BCUT2D eigenvalue weighted by Crippen LogP contribution is -2.42. The zero-order chi connectivity index (χ0) is 14.7. The fourth-order valence-electron chi connectivity index (χ4n) is 1.86. The first-order valence-electron chi connectivity index (χ1n) is 6.34. The Morgan fingerprint density at radius 3 is 2.85 bits per heavy atom. The Morgan fingerprint density at radius 1 is 1.60 bits per heavy atom. The van der Waals surface area contributed by atoms with E-state index in [0.717, 1.165) is 12.8 Å². The van der Waals surface area contributed by atoms with Crippen molar-refractivity contribution in [1.82, 2.24) is 5.32 Å². The number of hydrogen-bond acceptors (Lipinski definition) is 5. The summed E-state index contributed by atoms with van der Waals surface area (Å²) in [5, 5.41) is 22.9. The van der Waals surface area contributed by atoms with Crippen LogP contribution in [0.15, 0.2) is 18.2 Å². The molecule has 0 spiro atoms. The third-order valence-corrected chi connectivity index (χ3v) is 3.17. The summed E-state index contributed by atoms with van der Waals surface area (Å²) in [6, 6.07) is 3.94. The SMILES string of the molecule is Cc1c(OCC(NC2CC2)C(=O)O)cccc1[N+](=O)[O-]. The Labute approximate surface area is 115 Å². The average molecular weight is 280 g/mol. The van der Waals surface area contributed by atoms with Crippen molar-refractivity contribution in [2.45, 2.75) is 31.8 Å². The number of carbonyl (C=O) groups is 1. The monoisotopic (exact) mass is 280 g/mol. The maximum Gasteiger partial charge on any atom is 0.324 e. The summed E-state index contributed by atoms with van der Waals surface area (Å²) < 4.78 is 5.43. The van der Waals surface area contributed by atoms with E-state index in [1.54, 1.807) is 13.0 Å². The van der Waals surface area contributed by atoms with Gasteiger partial charge >= 0.3 is 5.97 Å². The van der Waals surface area contributed by atoms with Gasteiger partial charge in [0.2, 0.25) is 0 Å². The summed E-state index contributed by atoms with van der Waals surface area (Å²) in [6.07, 6.45) is 1.94. The Balaban J connectivity index is 2.03. The van der Waals surface area contributed by atoms with Crippen LogP contribution >= 0.6 is 0 Å². The van der Waals surface area contributed by atoms with Crippen molar-refractivity contribution < 1.29 is 19.6 Å². The number of nitrogens with one attached hydrogen (secondary N) is 1. The molecule has 1 aromatic rings. The summed E-state index contributed by atoms with van der Waals surface area (Å²) in [7, 11) is 0. The predicted molar refractivity (Wildman–Crippen MR) is 70.9 cm³/mol. The van der Waals surface area contributed by atoms with Gasteiger partial charge in [0, 0.05) is 12.1 Å². The van der Waals surface area contributed by atoms with Crippen molar-refractivity contribution in [3.05, 3.63) is 33.9 Å². The second kappa shape index (κ2) is 5.87. The second-order valence-corrected chi connectivity index (χ2v) is 4.80. The molecular formula is C13H16N2O5. The van der Waals surface area contributed by atoms with E-state index in [1.165, 1.54) is 12.1 Å². The molecule has 0 amide bonds. The summed E-state index contributed by atoms with van der Waals surface area (Å²) in [5.74, 6) is -0.650. The molecule has 108 valence electrons. The molecule has 0 aliphatic heterocycles. The Bertz CT molecular complexity index is 527. The number of nitro groups is 1. The van der Waals surface area contributed by atoms with E-state index in [4.69, 9.17) is 9.84 Å². The van der Waals surface area contributed by atoms with Gasteiger partial charge in [-0.2, -0.15) is 0 Å². The molecule has 1 atom stereocenters. The Kier molecular flexibility index (Phi) is 4.19. The number of hydrogen-bond donors (Lipinski definition) is 2. The number of carboxylic acids is 1. The van der Waals surface area contributed by atoms with Crippen LogP contribution < -0.4 is 10.1 Å². The molecule has 0 saturated heterocycles. The highest BCUT2D eigenvalue weighted by Crippen LogP contribution is 2.27. The van der Waals surface area contributed by atoms with Gasteiger partial charge in [-0.15, -0.1) is 0 Å². The van der Waals surface area contributed by atoms with Gasteiger partial charge in [0.05, 0.1) is 10.5 Å². The fourth-order valence-corrected chi connectivity index (χ4v) is 1.86. The highest BCUT2D eigenvalue weighted by molar-refractivity contribution is 5.73. The maximum absolute atomic E-state index is 11.1. The van der Waals surface area contributed by atoms with Gasteiger partial charge < -0.3 is 9.84 Å². The molecule has 20 heavy (non-hydrogen) atoms. The van der Waals surface area contributed by atoms with E-state index in [-0.39, 0.29) is 18.3 Å². The highest BCUT2D eigenvalue weighted by atomic mass is 16.6. The molecule has 1 aromatic carbocycles.